The zero-order valence-electron chi connectivity index (χ0n) is 8.71. The van der Waals surface area contributed by atoms with E-state index in [1.54, 1.807) is 18.2 Å². The molecule has 0 bridgehead atoms. The predicted molar refractivity (Wildman–Crippen MR) is 62.2 cm³/mol. The average molecular weight is 251 g/mol. The molecule has 0 fully saturated rings. The molecule has 3 nitrogen and oxygen atoms in total. The molecule has 17 heavy (non-hydrogen) atoms. The monoisotopic (exact) mass is 250 g/mol. The summed E-state index contributed by atoms with van der Waals surface area (Å²) < 4.78 is 18.0. The SMILES string of the molecule is N#Cc1ccc(CNc2ccc(F)cc2Cl)o1. The Morgan fingerprint density at radius 1 is 1.35 bits per heavy atom. The number of hydrogen-bond acceptors (Lipinski definition) is 3. The lowest BCUT2D eigenvalue weighted by Gasteiger charge is -2.06. The molecule has 0 saturated heterocycles. The fourth-order valence-electron chi connectivity index (χ4n) is 1.35. The van der Waals surface area contributed by atoms with Gasteiger partial charge in [-0.05, 0) is 30.3 Å². The quantitative estimate of drug-likeness (QED) is 0.906. The number of furan rings is 1. The summed E-state index contributed by atoms with van der Waals surface area (Å²) in [6, 6.07) is 9.27. The van der Waals surface area contributed by atoms with Crippen molar-refractivity contribution in [3.05, 3.63) is 52.7 Å². The first-order valence-corrected chi connectivity index (χ1v) is 5.24. The van der Waals surface area contributed by atoms with Crippen LogP contribution in [0.1, 0.15) is 11.5 Å². The van der Waals surface area contributed by atoms with Crippen LogP contribution in [0.25, 0.3) is 0 Å². The van der Waals surface area contributed by atoms with E-state index in [1.165, 1.54) is 12.1 Å². The molecule has 5 heteroatoms. The smallest absolute Gasteiger partial charge is 0.203 e. The van der Waals surface area contributed by atoms with Gasteiger partial charge in [0.15, 0.2) is 0 Å². The highest BCUT2D eigenvalue weighted by Crippen LogP contribution is 2.23. The fourth-order valence-corrected chi connectivity index (χ4v) is 1.58. The number of nitrogens with zero attached hydrogens (tertiary/aromatic N) is 1. The molecule has 1 aromatic heterocycles. The van der Waals surface area contributed by atoms with Crippen molar-refractivity contribution < 1.29 is 8.81 Å². The maximum Gasteiger partial charge on any atom is 0.203 e. The minimum absolute atomic E-state index is 0.256. The van der Waals surface area contributed by atoms with E-state index < -0.39 is 0 Å². The summed E-state index contributed by atoms with van der Waals surface area (Å²) in [5, 5.41) is 11.9. The normalized spacial score (nSPS) is 9.94. The number of benzene rings is 1. The molecular weight excluding hydrogens is 243 g/mol. The van der Waals surface area contributed by atoms with Gasteiger partial charge in [-0.3, -0.25) is 0 Å². The maximum absolute atomic E-state index is 12.8. The van der Waals surface area contributed by atoms with Crippen LogP contribution in [-0.2, 0) is 6.54 Å². The molecule has 86 valence electrons. The predicted octanol–water partition coefficient (Wildman–Crippen LogP) is 3.56. The third kappa shape index (κ3) is 2.77. The largest absolute Gasteiger partial charge is 0.449 e. The first-order chi connectivity index (χ1) is 8.19. The number of nitriles is 1. The molecular formula is C12H8ClFN2O. The summed E-state index contributed by atoms with van der Waals surface area (Å²) in [5.41, 5.74) is 0.614. The van der Waals surface area contributed by atoms with Crippen molar-refractivity contribution in [1.82, 2.24) is 0 Å². The number of halogens is 2. The van der Waals surface area contributed by atoms with Crippen LogP contribution in [0.3, 0.4) is 0 Å². The minimum Gasteiger partial charge on any atom is -0.449 e. The third-order valence-corrected chi connectivity index (χ3v) is 2.47. The van der Waals surface area contributed by atoms with Crippen LogP contribution in [0.15, 0.2) is 34.7 Å². The molecule has 1 heterocycles. The molecule has 0 aliphatic carbocycles. The van der Waals surface area contributed by atoms with Gasteiger partial charge in [0.25, 0.3) is 0 Å². The van der Waals surface area contributed by atoms with Crippen LogP contribution < -0.4 is 5.32 Å². The molecule has 0 amide bonds. The van der Waals surface area contributed by atoms with Crippen LogP contribution in [0.4, 0.5) is 10.1 Å². The van der Waals surface area contributed by atoms with Crippen molar-refractivity contribution in [2.45, 2.75) is 6.54 Å². The van der Waals surface area contributed by atoms with Gasteiger partial charge in [0.2, 0.25) is 5.76 Å². The molecule has 1 aromatic carbocycles. The maximum atomic E-state index is 12.8. The lowest BCUT2D eigenvalue weighted by atomic mass is 10.3. The van der Waals surface area contributed by atoms with Crippen LogP contribution >= 0.6 is 11.6 Å². The second-order valence-corrected chi connectivity index (χ2v) is 3.76. The zero-order chi connectivity index (χ0) is 12.3. The highest BCUT2D eigenvalue weighted by molar-refractivity contribution is 6.33. The second kappa shape index (κ2) is 4.89. The Kier molecular flexibility index (Phi) is 3.31. The summed E-state index contributed by atoms with van der Waals surface area (Å²) >= 11 is 5.84. The first kappa shape index (κ1) is 11.5. The van der Waals surface area contributed by atoms with Gasteiger partial charge in [0, 0.05) is 0 Å². The van der Waals surface area contributed by atoms with Gasteiger partial charge in [-0.25, -0.2) is 4.39 Å². The van der Waals surface area contributed by atoms with Gasteiger partial charge in [0.05, 0.1) is 17.3 Å². The van der Waals surface area contributed by atoms with Gasteiger partial charge in [-0.15, -0.1) is 0 Å². The van der Waals surface area contributed by atoms with Crippen LogP contribution in [-0.4, -0.2) is 0 Å². The molecule has 0 aliphatic rings. The molecule has 0 unspecified atom stereocenters. The number of rotatable bonds is 3. The van der Waals surface area contributed by atoms with E-state index in [9.17, 15) is 4.39 Å². The van der Waals surface area contributed by atoms with Crippen molar-refractivity contribution in [3.63, 3.8) is 0 Å². The van der Waals surface area contributed by atoms with Gasteiger partial charge >= 0.3 is 0 Å². The standard InChI is InChI=1S/C12H8ClFN2O/c13-11-5-8(14)1-4-12(11)16-7-10-3-2-9(6-15)17-10/h1-5,16H,7H2. The first-order valence-electron chi connectivity index (χ1n) is 4.87. The van der Waals surface area contributed by atoms with E-state index in [0.29, 0.717) is 23.0 Å². The Labute approximate surface area is 102 Å². The summed E-state index contributed by atoms with van der Waals surface area (Å²) in [4.78, 5) is 0. The van der Waals surface area contributed by atoms with Gasteiger partial charge in [0.1, 0.15) is 17.6 Å². The third-order valence-electron chi connectivity index (χ3n) is 2.16. The molecule has 2 rings (SSSR count). The van der Waals surface area contributed by atoms with E-state index in [2.05, 4.69) is 5.32 Å². The Hall–Kier alpha value is -1.99. The number of nitrogens with one attached hydrogen (secondary N) is 1. The summed E-state index contributed by atoms with van der Waals surface area (Å²) in [7, 11) is 0. The Bertz CT molecular complexity index is 574. The van der Waals surface area contributed by atoms with Gasteiger partial charge in [-0.2, -0.15) is 5.26 Å². The van der Waals surface area contributed by atoms with Crippen molar-refractivity contribution >= 4 is 17.3 Å². The Balaban J connectivity index is 2.05. The minimum atomic E-state index is -0.384. The lowest BCUT2D eigenvalue weighted by molar-refractivity contribution is 0.506. The van der Waals surface area contributed by atoms with E-state index in [-0.39, 0.29) is 11.6 Å². The van der Waals surface area contributed by atoms with Gasteiger partial charge in [-0.1, -0.05) is 11.6 Å². The molecule has 1 N–H and O–H groups in total. The Morgan fingerprint density at radius 3 is 2.82 bits per heavy atom. The zero-order valence-corrected chi connectivity index (χ0v) is 9.46. The van der Waals surface area contributed by atoms with E-state index in [4.69, 9.17) is 21.3 Å². The second-order valence-electron chi connectivity index (χ2n) is 3.36. The van der Waals surface area contributed by atoms with Gasteiger partial charge < -0.3 is 9.73 Å². The highest BCUT2D eigenvalue weighted by atomic mass is 35.5. The Morgan fingerprint density at radius 2 is 2.18 bits per heavy atom. The average Bonchev–Trinajstić information content (AvgIpc) is 2.76. The van der Waals surface area contributed by atoms with E-state index in [0.717, 1.165) is 0 Å². The molecule has 0 saturated carbocycles. The van der Waals surface area contributed by atoms with Crippen LogP contribution in [0, 0.1) is 17.1 Å². The van der Waals surface area contributed by atoms with Crippen LogP contribution in [0.5, 0.6) is 0 Å². The lowest BCUT2D eigenvalue weighted by Crippen LogP contribution is -1.98. The van der Waals surface area contributed by atoms with E-state index >= 15 is 0 Å². The fraction of sp³-hybridized carbons (Fsp3) is 0.0833. The van der Waals surface area contributed by atoms with Crippen molar-refractivity contribution in [2.75, 3.05) is 5.32 Å². The summed E-state index contributed by atoms with van der Waals surface area (Å²) in [5.74, 6) is 0.485. The summed E-state index contributed by atoms with van der Waals surface area (Å²) in [6.45, 7) is 0.382. The molecule has 0 aliphatic heterocycles. The van der Waals surface area contributed by atoms with E-state index in [1.807, 2.05) is 6.07 Å². The molecule has 0 radical (unpaired) electrons. The van der Waals surface area contributed by atoms with Crippen molar-refractivity contribution in [2.24, 2.45) is 0 Å². The van der Waals surface area contributed by atoms with Crippen molar-refractivity contribution in [1.29, 1.82) is 5.26 Å². The highest BCUT2D eigenvalue weighted by Gasteiger charge is 2.04. The molecule has 0 atom stereocenters. The molecule has 0 spiro atoms. The topological polar surface area (TPSA) is 49.0 Å². The number of anilines is 1. The molecule has 2 aromatic rings. The summed E-state index contributed by atoms with van der Waals surface area (Å²) in [6.07, 6.45) is 0. The van der Waals surface area contributed by atoms with Crippen molar-refractivity contribution in [3.8, 4) is 6.07 Å². The number of hydrogen-bond donors (Lipinski definition) is 1. The van der Waals surface area contributed by atoms with Crippen LogP contribution in [0.2, 0.25) is 5.02 Å².